The van der Waals surface area contributed by atoms with Gasteiger partial charge in [-0.05, 0) is 38.7 Å². The summed E-state index contributed by atoms with van der Waals surface area (Å²) in [6.45, 7) is 1.69. The topological polar surface area (TPSA) is 100 Å². The average Bonchev–Trinajstić information content (AvgIpc) is 2.97. The summed E-state index contributed by atoms with van der Waals surface area (Å²) in [5, 5.41) is 18.7. The van der Waals surface area contributed by atoms with Gasteiger partial charge < -0.3 is 4.74 Å². The molecule has 126 valence electrons. The summed E-state index contributed by atoms with van der Waals surface area (Å²) in [7, 11) is 0. The molecule has 0 N–H and O–H groups in total. The van der Waals surface area contributed by atoms with Crippen molar-refractivity contribution in [2.75, 3.05) is 0 Å². The highest BCUT2D eigenvalue weighted by Crippen LogP contribution is 2.22. The van der Waals surface area contributed by atoms with Gasteiger partial charge in [-0.1, -0.05) is 17.7 Å². The number of ether oxygens (including phenoxy) is 1. The van der Waals surface area contributed by atoms with Crippen LogP contribution in [-0.2, 0) is 4.74 Å². The van der Waals surface area contributed by atoms with E-state index >= 15 is 0 Å². The first kappa shape index (κ1) is 16.1. The second-order valence-corrected chi connectivity index (χ2v) is 5.88. The van der Waals surface area contributed by atoms with E-state index in [4.69, 9.17) is 4.74 Å². The van der Waals surface area contributed by atoms with Crippen molar-refractivity contribution in [1.82, 2.24) is 15.0 Å². The number of hydrogen-bond donors (Lipinski definition) is 0. The Hall–Kier alpha value is -2.77. The number of aromatic nitrogens is 3. The van der Waals surface area contributed by atoms with Crippen LogP contribution in [0.1, 0.15) is 48.3 Å². The van der Waals surface area contributed by atoms with Crippen molar-refractivity contribution >= 4 is 11.7 Å². The molecule has 1 saturated carbocycles. The SMILES string of the molecule is Cc1c(C(=O)OC2CCCCC2)nnn1-c1cccc([N+](=O)[O-])c1. The van der Waals surface area contributed by atoms with Crippen LogP contribution in [0.15, 0.2) is 24.3 Å². The third-order valence-corrected chi connectivity index (χ3v) is 4.20. The fourth-order valence-corrected chi connectivity index (χ4v) is 2.89. The second-order valence-electron chi connectivity index (χ2n) is 5.88. The molecule has 1 aromatic carbocycles. The highest BCUT2D eigenvalue weighted by atomic mass is 16.6. The molecule has 1 aliphatic carbocycles. The van der Waals surface area contributed by atoms with Crippen molar-refractivity contribution in [2.45, 2.75) is 45.1 Å². The van der Waals surface area contributed by atoms with E-state index in [1.807, 2.05) is 0 Å². The predicted octanol–water partition coefficient (Wildman–Crippen LogP) is 2.97. The number of nitro groups is 1. The number of carbonyl (C=O) groups excluding carboxylic acids is 1. The molecular weight excluding hydrogens is 312 g/mol. The van der Waals surface area contributed by atoms with Gasteiger partial charge in [-0.2, -0.15) is 0 Å². The van der Waals surface area contributed by atoms with Crippen LogP contribution < -0.4 is 0 Å². The lowest BCUT2D eigenvalue weighted by Gasteiger charge is -2.21. The zero-order valence-corrected chi connectivity index (χ0v) is 13.3. The maximum atomic E-state index is 12.3. The van der Waals surface area contributed by atoms with Gasteiger partial charge in [-0.25, -0.2) is 9.48 Å². The first-order valence-electron chi connectivity index (χ1n) is 7.94. The molecule has 3 rings (SSSR count). The molecule has 0 amide bonds. The van der Waals surface area contributed by atoms with Gasteiger partial charge in [-0.15, -0.1) is 5.10 Å². The van der Waals surface area contributed by atoms with Crippen LogP contribution in [0, 0.1) is 17.0 Å². The Kier molecular flexibility index (Phi) is 4.54. The normalized spacial score (nSPS) is 15.2. The Labute approximate surface area is 138 Å². The Morgan fingerprint density at radius 3 is 2.79 bits per heavy atom. The highest BCUT2D eigenvalue weighted by Gasteiger charge is 2.24. The van der Waals surface area contributed by atoms with Crippen LogP contribution in [0.2, 0.25) is 0 Å². The van der Waals surface area contributed by atoms with E-state index in [0.717, 1.165) is 25.7 Å². The molecule has 1 aromatic heterocycles. The Morgan fingerprint density at radius 2 is 2.08 bits per heavy atom. The van der Waals surface area contributed by atoms with Crippen molar-refractivity contribution in [3.05, 3.63) is 45.8 Å². The van der Waals surface area contributed by atoms with Crippen molar-refractivity contribution in [2.24, 2.45) is 0 Å². The Bertz CT molecular complexity index is 765. The van der Waals surface area contributed by atoms with Gasteiger partial charge in [0.2, 0.25) is 0 Å². The van der Waals surface area contributed by atoms with Gasteiger partial charge >= 0.3 is 5.97 Å². The molecule has 0 radical (unpaired) electrons. The monoisotopic (exact) mass is 330 g/mol. The van der Waals surface area contributed by atoms with E-state index in [-0.39, 0.29) is 17.5 Å². The maximum Gasteiger partial charge on any atom is 0.361 e. The smallest absolute Gasteiger partial charge is 0.361 e. The minimum Gasteiger partial charge on any atom is -0.458 e. The first-order chi connectivity index (χ1) is 11.6. The van der Waals surface area contributed by atoms with Gasteiger partial charge in [0, 0.05) is 12.1 Å². The van der Waals surface area contributed by atoms with E-state index < -0.39 is 10.9 Å². The number of benzene rings is 1. The van der Waals surface area contributed by atoms with Crippen molar-refractivity contribution < 1.29 is 14.5 Å². The number of carbonyl (C=O) groups is 1. The van der Waals surface area contributed by atoms with Crippen molar-refractivity contribution in [3.63, 3.8) is 0 Å². The summed E-state index contributed by atoms with van der Waals surface area (Å²) < 4.78 is 6.91. The van der Waals surface area contributed by atoms with Crippen LogP contribution in [0.4, 0.5) is 5.69 Å². The largest absolute Gasteiger partial charge is 0.458 e. The molecule has 0 saturated heterocycles. The van der Waals surface area contributed by atoms with Crippen molar-refractivity contribution in [3.8, 4) is 5.69 Å². The van der Waals surface area contributed by atoms with Crippen LogP contribution >= 0.6 is 0 Å². The molecule has 0 aliphatic heterocycles. The average molecular weight is 330 g/mol. The van der Waals surface area contributed by atoms with E-state index in [1.165, 1.54) is 23.2 Å². The zero-order valence-electron chi connectivity index (χ0n) is 13.3. The van der Waals surface area contributed by atoms with Gasteiger partial charge in [0.25, 0.3) is 5.69 Å². The van der Waals surface area contributed by atoms with Gasteiger partial charge in [0.15, 0.2) is 5.69 Å². The number of non-ortho nitro benzene ring substituents is 1. The Morgan fingerprint density at radius 1 is 1.33 bits per heavy atom. The van der Waals surface area contributed by atoms with Gasteiger partial charge in [0.05, 0.1) is 16.3 Å². The minimum atomic E-state index is -0.490. The fourth-order valence-electron chi connectivity index (χ4n) is 2.89. The van der Waals surface area contributed by atoms with Crippen LogP contribution in [0.25, 0.3) is 5.69 Å². The van der Waals surface area contributed by atoms with Gasteiger partial charge in [-0.3, -0.25) is 10.1 Å². The maximum absolute atomic E-state index is 12.3. The lowest BCUT2D eigenvalue weighted by atomic mass is 9.98. The molecule has 1 heterocycles. The zero-order chi connectivity index (χ0) is 17.1. The third-order valence-electron chi connectivity index (χ3n) is 4.20. The number of hydrogen-bond acceptors (Lipinski definition) is 6. The van der Waals surface area contributed by atoms with E-state index in [2.05, 4.69) is 10.3 Å². The number of rotatable bonds is 4. The van der Waals surface area contributed by atoms with Crippen LogP contribution in [0.5, 0.6) is 0 Å². The minimum absolute atomic E-state index is 0.0475. The number of nitro benzene ring substituents is 1. The molecule has 0 bridgehead atoms. The molecule has 8 heteroatoms. The summed E-state index contributed by atoms with van der Waals surface area (Å²) in [5.74, 6) is -0.490. The lowest BCUT2D eigenvalue weighted by molar-refractivity contribution is -0.384. The van der Waals surface area contributed by atoms with Crippen molar-refractivity contribution in [1.29, 1.82) is 0 Å². The van der Waals surface area contributed by atoms with E-state index in [1.54, 1.807) is 19.1 Å². The molecule has 0 unspecified atom stereocenters. The molecule has 1 aliphatic rings. The summed E-state index contributed by atoms with van der Waals surface area (Å²) in [5.41, 5.74) is 1.07. The molecular formula is C16H18N4O4. The molecule has 0 atom stereocenters. The van der Waals surface area contributed by atoms with E-state index in [0.29, 0.717) is 11.4 Å². The number of nitrogens with zero attached hydrogens (tertiary/aromatic N) is 4. The number of esters is 1. The summed E-state index contributed by atoms with van der Waals surface area (Å²) in [4.78, 5) is 22.7. The molecule has 1 fully saturated rings. The fraction of sp³-hybridized carbons (Fsp3) is 0.438. The predicted molar refractivity (Wildman–Crippen MR) is 85.0 cm³/mol. The molecule has 2 aromatic rings. The van der Waals surface area contributed by atoms with Gasteiger partial charge in [0.1, 0.15) is 6.10 Å². The molecule has 8 nitrogen and oxygen atoms in total. The standard InChI is InChI=1S/C16H18N4O4/c1-11-15(16(21)24-14-8-3-2-4-9-14)17-18-19(11)12-6-5-7-13(10-12)20(22)23/h5-7,10,14H,2-4,8-9H2,1H3. The quantitative estimate of drug-likeness (QED) is 0.485. The van der Waals surface area contributed by atoms with Crippen LogP contribution in [0.3, 0.4) is 0 Å². The first-order valence-corrected chi connectivity index (χ1v) is 7.94. The molecule has 24 heavy (non-hydrogen) atoms. The van der Waals surface area contributed by atoms with E-state index in [9.17, 15) is 14.9 Å². The highest BCUT2D eigenvalue weighted by molar-refractivity contribution is 5.88. The Balaban J connectivity index is 1.81. The van der Waals surface area contributed by atoms with Crippen LogP contribution in [-0.4, -0.2) is 32.0 Å². The summed E-state index contributed by atoms with van der Waals surface area (Å²) in [6.07, 6.45) is 5.01. The summed E-state index contributed by atoms with van der Waals surface area (Å²) >= 11 is 0. The lowest BCUT2D eigenvalue weighted by Crippen LogP contribution is -2.21. The third kappa shape index (κ3) is 3.27. The summed E-state index contributed by atoms with van der Waals surface area (Å²) in [6, 6.07) is 6.02. The second kappa shape index (κ2) is 6.77. The molecule has 0 spiro atoms.